The van der Waals surface area contributed by atoms with Gasteiger partial charge < -0.3 is 0 Å². The van der Waals surface area contributed by atoms with Crippen LogP contribution in [0.2, 0.25) is 0 Å². The lowest BCUT2D eigenvalue weighted by molar-refractivity contribution is -0.114. The number of fused-ring (bicyclic) bond motifs is 1. The van der Waals surface area contributed by atoms with Gasteiger partial charge in [0.25, 0.3) is 0 Å². The zero-order valence-corrected chi connectivity index (χ0v) is 12.6. The average Bonchev–Trinajstić information content (AvgIpc) is 2.74. The van der Waals surface area contributed by atoms with Crippen molar-refractivity contribution in [1.29, 1.82) is 0 Å². The Morgan fingerprint density at radius 3 is 2.68 bits per heavy atom. The molecular weight excluding hydrogens is 304 g/mol. The monoisotopic (exact) mass is 322 g/mol. The molecule has 2 aliphatic heterocycles. The van der Waals surface area contributed by atoms with Crippen LogP contribution < -0.4 is 0 Å². The molecule has 0 aromatic heterocycles. The molecule has 0 saturated carbocycles. The fourth-order valence-electron chi connectivity index (χ4n) is 3.12. The molecule has 3 rings (SSSR count). The smallest absolute Gasteiger partial charge is 0.160 e. The number of hydrogen-bond acceptors (Lipinski definition) is 3. The largest absolute Gasteiger partial charge is 0.300 e. The van der Waals surface area contributed by atoms with E-state index in [1.54, 1.807) is 0 Å². The van der Waals surface area contributed by atoms with Crippen LogP contribution in [0.25, 0.3) is 0 Å². The second kappa shape index (κ2) is 5.35. The predicted molar refractivity (Wildman–Crippen MR) is 78.9 cm³/mol. The molecule has 0 N–H and O–H groups in total. The number of piperidine rings is 1. The predicted octanol–water partition coefficient (Wildman–Crippen LogP) is 2.69. The molecule has 0 spiro atoms. The van der Waals surface area contributed by atoms with E-state index in [0.29, 0.717) is 0 Å². The van der Waals surface area contributed by atoms with Crippen LogP contribution in [0.3, 0.4) is 0 Å². The lowest BCUT2D eigenvalue weighted by Gasteiger charge is -2.35. The summed E-state index contributed by atoms with van der Waals surface area (Å²) in [5.74, 6) is 0. The standard InChI is InChI=1S/C15H19BrN2O/c16-15(11-19)14-7-3-2-6-13(14)10-18(15)12-17-8-4-1-5-9-17/h2-3,6-7,11H,1,4-5,8-10,12H2. The summed E-state index contributed by atoms with van der Waals surface area (Å²) in [4.78, 5) is 16.3. The van der Waals surface area contributed by atoms with E-state index in [1.807, 2.05) is 12.1 Å². The summed E-state index contributed by atoms with van der Waals surface area (Å²) in [5.41, 5.74) is 2.35. The SMILES string of the molecule is O=CC1(Br)c2ccccc2CN1CN1CCCCC1. The van der Waals surface area contributed by atoms with E-state index < -0.39 is 4.45 Å². The number of benzene rings is 1. The van der Waals surface area contributed by atoms with Crippen LogP contribution in [0.5, 0.6) is 0 Å². The van der Waals surface area contributed by atoms with E-state index in [0.717, 1.165) is 38.2 Å². The first-order valence-corrected chi connectivity index (χ1v) is 7.74. The van der Waals surface area contributed by atoms with Gasteiger partial charge in [0, 0.05) is 6.54 Å². The molecular formula is C15H19BrN2O. The number of alkyl halides is 1. The minimum atomic E-state index is -0.638. The van der Waals surface area contributed by atoms with Gasteiger partial charge in [-0.05, 0) is 37.1 Å². The molecule has 1 aromatic carbocycles. The van der Waals surface area contributed by atoms with E-state index in [4.69, 9.17) is 0 Å². The maximum Gasteiger partial charge on any atom is 0.160 e. The second-order valence-electron chi connectivity index (χ2n) is 5.47. The summed E-state index contributed by atoms with van der Waals surface area (Å²) in [6.45, 7) is 4.00. The van der Waals surface area contributed by atoms with Gasteiger partial charge in [0.1, 0.15) is 0 Å². The Hall–Kier alpha value is -0.710. The van der Waals surface area contributed by atoms with Crippen LogP contribution in [0.1, 0.15) is 30.4 Å². The Morgan fingerprint density at radius 2 is 1.95 bits per heavy atom. The van der Waals surface area contributed by atoms with Crippen LogP contribution in [0, 0.1) is 0 Å². The maximum atomic E-state index is 11.6. The highest BCUT2D eigenvalue weighted by atomic mass is 79.9. The minimum Gasteiger partial charge on any atom is -0.300 e. The van der Waals surface area contributed by atoms with Crippen molar-refractivity contribution in [3.63, 3.8) is 0 Å². The molecule has 3 nitrogen and oxygen atoms in total. The van der Waals surface area contributed by atoms with Crippen LogP contribution in [0.15, 0.2) is 24.3 Å². The van der Waals surface area contributed by atoms with E-state index in [-0.39, 0.29) is 0 Å². The first-order chi connectivity index (χ1) is 9.24. The molecule has 0 amide bonds. The summed E-state index contributed by atoms with van der Waals surface area (Å²) >= 11 is 3.67. The highest BCUT2D eigenvalue weighted by Gasteiger charge is 2.43. The van der Waals surface area contributed by atoms with Crippen molar-refractivity contribution in [2.75, 3.05) is 19.8 Å². The van der Waals surface area contributed by atoms with Crippen LogP contribution in [-0.4, -0.2) is 35.8 Å². The second-order valence-corrected chi connectivity index (χ2v) is 6.68. The molecule has 1 aromatic rings. The van der Waals surface area contributed by atoms with Crippen molar-refractivity contribution in [3.8, 4) is 0 Å². The third-order valence-electron chi connectivity index (χ3n) is 4.19. The fourth-order valence-corrected chi connectivity index (χ4v) is 3.75. The molecule has 1 atom stereocenters. The minimum absolute atomic E-state index is 0.638. The van der Waals surface area contributed by atoms with Crippen LogP contribution in [-0.2, 0) is 15.8 Å². The van der Waals surface area contributed by atoms with Crippen LogP contribution in [0.4, 0.5) is 0 Å². The third-order valence-corrected chi connectivity index (χ3v) is 5.31. The summed E-state index contributed by atoms with van der Waals surface area (Å²) in [7, 11) is 0. The Morgan fingerprint density at radius 1 is 1.21 bits per heavy atom. The van der Waals surface area contributed by atoms with Gasteiger partial charge in [-0.1, -0.05) is 46.6 Å². The molecule has 0 bridgehead atoms. The number of nitrogens with zero attached hydrogens (tertiary/aromatic N) is 2. The number of carbonyl (C=O) groups is 1. The number of likely N-dealkylation sites (tertiary alicyclic amines) is 1. The van der Waals surface area contributed by atoms with Gasteiger partial charge in [-0.25, -0.2) is 0 Å². The lowest BCUT2D eigenvalue weighted by Crippen LogP contribution is -2.46. The maximum absolute atomic E-state index is 11.6. The molecule has 4 heteroatoms. The highest BCUT2D eigenvalue weighted by molar-refractivity contribution is 9.10. The highest BCUT2D eigenvalue weighted by Crippen LogP contribution is 2.42. The molecule has 102 valence electrons. The van der Waals surface area contributed by atoms with Crippen molar-refractivity contribution >= 4 is 22.2 Å². The van der Waals surface area contributed by atoms with Gasteiger partial charge in [-0.3, -0.25) is 14.6 Å². The lowest BCUT2D eigenvalue weighted by atomic mass is 10.1. The molecule has 1 unspecified atom stereocenters. The molecule has 0 aliphatic carbocycles. The summed E-state index contributed by atoms with van der Waals surface area (Å²) < 4.78 is -0.638. The first kappa shape index (κ1) is 13.3. The Kier molecular flexibility index (Phi) is 3.74. The van der Waals surface area contributed by atoms with Crippen molar-refractivity contribution in [2.24, 2.45) is 0 Å². The van der Waals surface area contributed by atoms with Crippen molar-refractivity contribution in [3.05, 3.63) is 35.4 Å². The zero-order valence-electron chi connectivity index (χ0n) is 11.0. The molecule has 19 heavy (non-hydrogen) atoms. The van der Waals surface area contributed by atoms with Crippen molar-refractivity contribution in [1.82, 2.24) is 9.80 Å². The quantitative estimate of drug-likeness (QED) is 0.485. The third kappa shape index (κ3) is 2.37. The topological polar surface area (TPSA) is 23.6 Å². The number of halogens is 1. The molecule has 0 radical (unpaired) electrons. The van der Waals surface area contributed by atoms with Gasteiger partial charge in [0.05, 0.1) is 6.67 Å². The van der Waals surface area contributed by atoms with Gasteiger partial charge in [-0.15, -0.1) is 0 Å². The van der Waals surface area contributed by atoms with E-state index >= 15 is 0 Å². The normalized spacial score (nSPS) is 28.3. The molecule has 1 fully saturated rings. The zero-order chi connectivity index (χ0) is 13.3. The van der Waals surface area contributed by atoms with Crippen LogP contribution >= 0.6 is 15.9 Å². The van der Waals surface area contributed by atoms with E-state index in [9.17, 15) is 4.79 Å². The Bertz CT molecular complexity index is 473. The van der Waals surface area contributed by atoms with Gasteiger partial charge >= 0.3 is 0 Å². The summed E-state index contributed by atoms with van der Waals surface area (Å²) in [6, 6.07) is 8.21. The average molecular weight is 323 g/mol. The fraction of sp³-hybridized carbons (Fsp3) is 0.533. The number of hydrogen-bond donors (Lipinski definition) is 0. The van der Waals surface area contributed by atoms with Crippen molar-refractivity contribution < 1.29 is 4.79 Å². The molecule has 1 saturated heterocycles. The molecule has 2 heterocycles. The summed E-state index contributed by atoms with van der Waals surface area (Å²) in [5, 5.41) is 0. The molecule has 2 aliphatic rings. The van der Waals surface area contributed by atoms with E-state index in [1.165, 1.54) is 24.8 Å². The van der Waals surface area contributed by atoms with Crippen molar-refractivity contribution in [2.45, 2.75) is 30.3 Å². The van der Waals surface area contributed by atoms with Gasteiger partial charge in [-0.2, -0.15) is 0 Å². The number of carbonyl (C=O) groups excluding carboxylic acids is 1. The van der Waals surface area contributed by atoms with Gasteiger partial charge in [0.15, 0.2) is 10.7 Å². The van der Waals surface area contributed by atoms with Gasteiger partial charge in [0.2, 0.25) is 0 Å². The summed E-state index contributed by atoms with van der Waals surface area (Å²) in [6.07, 6.45) is 4.92. The Labute approximate surface area is 122 Å². The van der Waals surface area contributed by atoms with E-state index in [2.05, 4.69) is 37.9 Å². The first-order valence-electron chi connectivity index (χ1n) is 6.95. The number of rotatable bonds is 3. The number of aldehydes is 1. The Balaban J connectivity index is 1.81.